The highest BCUT2D eigenvalue weighted by atomic mass is 32.2. The van der Waals surface area contributed by atoms with Gasteiger partial charge in [0.1, 0.15) is 0 Å². The summed E-state index contributed by atoms with van der Waals surface area (Å²) in [6, 6.07) is 0.0796. The van der Waals surface area contributed by atoms with Gasteiger partial charge in [-0.15, -0.1) is 0 Å². The summed E-state index contributed by atoms with van der Waals surface area (Å²) < 4.78 is 24.0. The zero-order chi connectivity index (χ0) is 11.5. The fraction of sp³-hybridized carbons (Fsp3) is 1.00. The highest BCUT2D eigenvalue weighted by Gasteiger charge is 2.38. The molecule has 90 valence electrons. The van der Waals surface area contributed by atoms with Gasteiger partial charge >= 0.3 is 0 Å². The van der Waals surface area contributed by atoms with Crippen LogP contribution in [0.5, 0.6) is 0 Å². The molecule has 1 aliphatic carbocycles. The molecule has 0 bridgehead atoms. The average molecular weight is 233 g/mol. The summed E-state index contributed by atoms with van der Waals surface area (Å²) in [6.45, 7) is 4.06. The minimum absolute atomic E-state index is 0.0796. The average Bonchev–Trinajstić information content (AvgIpc) is 2.48. The summed E-state index contributed by atoms with van der Waals surface area (Å²) in [6.07, 6.45) is 4.49. The van der Waals surface area contributed by atoms with E-state index in [4.69, 9.17) is 5.73 Å². The van der Waals surface area contributed by atoms with Gasteiger partial charge in [-0.1, -0.05) is 26.7 Å². The number of sulfone groups is 1. The van der Waals surface area contributed by atoms with Gasteiger partial charge in [0.15, 0.2) is 9.84 Å². The van der Waals surface area contributed by atoms with Gasteiger partial charge in [-0.2, -0.15) is 0 Å². The van der Waals surface area contributed by atoms with E-state index in [0.29, 0.717) is 5.75 Å². The maximum atomic E-state index is 12.0. The maximum absolute atomic E-state index is 12.0. The van der Waals surface area contributed by atoms with Crippen molar-refractivity contribution in [2.45, 2.75) is 57.2 Å². The summed E-state index contributed by atoms with van der Waals surface area (Å²) in [7, 11) is -2.89. The van der Waals surface area contributed by atoms with Gasteiger partial charge in [-0.05, 0) is 25.2 Å². The zero-order valence-corrected chi connectivity index (χ0v) is 10.6. The predicted octanol–water partition coefficient (Wildman–Crippen LogP) is 1.72. The van der Waals surface area contributed by atoms with Crippen molar-refractivity contribution in [3.63, 3.8) is 0 Å². The third-order valence-electron chi connectivity index (χ3n) is 3.54. The molecule has 3 unspecified atom stereocenters. The molecule has 0 saturated heterocycles. The highest BCUT2D eigenvalue weighted by Crippen LogP contribution is 2.30. The van der Waals surface area contributed by atoms with E-state index >= 15 is 0 Å². The first-order valence-corrected chi connectivity index (χ1v) is 7.67. The summed E-state index contributed by atoms with van der Waals surface area (Å²) in [5.41, 5.74) is 5.86. The van der Waals surface area contributed by atoms with Crippen molar-refractivity contribution in [2.75, 3.05) is 5.75 Å². The van der Waals surface area contributed by atoms with E-state index in [0.717, 1.165) is 32.1 Å². The van der Waals surface area contributed by atoms with Gasteiger partial charge in [-0.3, -0.25) is 0 Å². The van der Waals surface area contributed by atoms with Crippen LogP contribution < -0.4 is 5.73 Å². The van der Waals surface area contributed by atoms with Crippen LogP contribution in [0.25, 0.3) is 0 Å². The van der Waals surface area contributed by atoms with Gasteiger partial charge in [0.2, 0.25) is 0 Å². The Labute approximate surface area is 93.3 Å². The van der Waals surface area contributed by atoms with Gasteiger partial charge in [-0.25, -0.2) is 8.42 Å². The van der Waals surface area contributed by atoms with Crippen molar-refractivity contribution >= 4 is 9.84 Å². The first-order valence-electron chi connectivity index (χ1n) is 5.96. The number of nitrogens with two attached hydrogens (primary N) is 1. The van der Waals surface area contributed by atoms with Gasteiger partial charge in [0, 0.05) is 6.04 Å². The lowest BCUT2D eigenvalue weighted by Crippen LogP contribution is -2.33. The molecule has 0 aliphatic heterocycles. The van der Waals surface area contributed by atoms with Crippen LogP contribution in [0.2, 0.25) is 0 Å². The van der Waals surface area contributed by atoms with E-state index in [1.807, 2.05) is 6.92 Å². The largest absolute Gasteiger partial charge is 0.327 e. The number of rotatable bonds is 5. The minimum atomic E-state index is -2.89. The summed E-state index contributed by atoms with van der Waals surface area (Å²) >= 11 is 0. The fourth-order valence-electron chi connectivity index (χ4n) is 2.37. The zero-order valence-electron chi connectivity index (χ0n) is 9.78. The van der Waals surface area contributed by atoms with Crippen LogP contribution >= 0.6 is 0 Å². The Balaban J connectivity index is 2.54. The predicted molar refractivity (Wildman–Crippen MR) is 63.5 cm³/mol. The summed E-state index contributed by atoms with van der Waals surface area (Å²) in [4.78, 5) is 0. The van der Waals surface area contributed by atoms with Crippen molar-refractivity contribution in [3.05, 3.63) is 0 Å². The molecule has 0 spiro atoms. The first-order chi connectivity index (χ1) is 6.99. The smallest absolute Gasteiger partial charge is 0.153 e. The molecule has 0 amide bonds. The monoisotopic (exact) mass is 233 g/mol. The van der Waals surface area contributed by atoms with E-state index in [-0.39, 0.29) is 17.2 Å². The molecule has 15 heavy (non-hydrogen) atoms. The second kappa shape index (κ2) is 5.30. The van der Waals surface area contributed by atoms with E-state index < -0.39 is 9.84 Å². The maximum Gasteiger partial charge on any atom is 0.153 e. The molecular formula is C11H23NO2S. The highest BCUT2D eigenvalue weighted by molar-refractivity contribution is 7.92. The molecule has 3 atom stereocenters. The second-order valence-corrected chi connectivity index (χ2v) is 7.05. The summed E-state index contributed by atoms with van der Waals surface area (Å²) in [5.74, 6) is 0.486. The Kier molecular flexibility index (Phi) is 4.59. The van der Waals surface area contributed by atoms with Gasteiger partial charge in [0.25, 0.3) is 0 Å². The van der Waals surface area contributed by atoms with Crippen molar-refractivity contribution in [2.24, 2.45) is 11.7 Å². The molecule has 0 aromatic rings. The molecular weight excluding hydrogens is 210 g/mol. The molecule has 0 radical (unpaired) electrons. The lowest BCUT2D eigenvalue weighted by molar-refractivity contribution is 0.505. The lowest BCUT2D eigenvalue weighted by Gasteiger charge is -2.18. The quantitative estimate of drug-likeness (QED) is 0.735. The Morgan fingerprint density at radius 3 is 2.40 bits per heavy atom. The van der Waals surface area contributed by atoms with Crippen molar-refractivity contribution in [1.82, 2.24) is 0 Å². The molecule has 1 aliphatic rings. The standard InChI is InChI=1S/C11H23NO2S/c1-3-4-5-8-15(13,14)11-7-6-10(12)9(11)2/h9-11H,3-8,12H2,1-2H3. The lowest BCUT2D eigenvalue weighted by atomic mass is 10.1. The van der Waals surface area contributed by atoms with Crippen molar-refractivity contribution < 1.29 is 8.42 Å². The Morgan fingerprint density at radius 2 is 1.93 bits per heavy atom. The molecule has 3 nitrogen and oxygen atoms in total. The van der Waals surface area contributed by atoms with Crippen LogP contribution in [0.3, 0.4) is 0 Å². The van der Waals surface area contributed by atoms with Gasteiger partial charge in [0.05, 0.1) is 11.0 Å². The molecule has 0 heterocycles. The first kappa shape index (κ1) is 13.0. The van der Waals surface area contributed by atoms with E-state index in [1.165, 1.54) is 0 Å². The SMILES string of the molecule is CCCCCS(=O)(=O)C1CCC(N)C1C. The molecule has 1 rings (SSSR count). The normalized spacial score (nSPS) is 32.1. The number of hydrogen-bond donors (Lipinski definition) is 1. The third kappa shape index (κ3) is 3.18. The molecule has 0 aromatic heterocycles. The number of unbranched alkanes of at least 4 members (excludes halogenated alkanes) is 2. The molecule has 1 fully saturated rings. The van der Waals surface area contributed by atoms with Crippen LogP contribution in [0, 0.1) is 5.92 Å². The Morgan fingerprint density at radius 1 is 1.27 bits per heavy atom. The van der Waals surface area contributed by atoms with Gasteiger partial charge < -0.3 is 5.73 Å². The fourth-order valence-corrected chi connectivity index (χ4v) is 4.63. The van der Waals surface area contributed by atoms with E-state index in [1.54, 1.807) is 0 Å². The topological polar surface area (TPSA) is 60.2 Å². The molecule has 4 heteroatoms. The Bertz CT molecular complexity index is 287. The third-order valence-corrected chi connectivity index (χ3v) is 5.99. The van der Waals surface area contributed by atoms with Crippen LogP contribution in [-0.4, -0.2) is 25.5 Å². The number of hydrogen-bond acceptors (Lipinski definition) is 3. The van der Waals surface area contributed by atoms with Crippen molar-refractivity contribution in [1.29, 1.82) is 0 Å². The second-order valence-electron chi connectivity index (χ2n) is 4.71. The Hall–Kier alpha value is -0.0900. The van der Waals surface area contributed by atoms with Crippen LogP contribution in [0.1, 0.15) is 46.0 Å². The molecule has 1 saturated carbocycles. The molecule has 2 N–H and O–H groups in total. The molecule has 0 aromatic carbocycles. The van der Waals surface area contributed by atoms with Crippen LogP contribution in [0.15, 0.2) is 0 Å². The van der Waals surface area contributed by atoms with E-state index in [9.17, 15) is 8.42 Å². The minimum Gasteiger partial charge on any atom is -0.327 e. The van der Waals surface area contributed by atoms with E-state index in [2.05, 4.69) is 6.92 Å². The van der Waals surface area contributed by atoms with Crippen LogP contribution in [-0.2, 0) is 9.84 Å². The van der Waals surface area contributed by atoms with Crippen molar-refractivity contribution in [3.8, 4) is 0 Å². The summed E-state index contributed by atoms with van der Waals surface area (Å²) in [5, 5.41) is -0.177. The van der Waals surface area contributed by atoms with Crippen LogP contribution in [0.4, 0.5) is 0 Å².